The Morgan fingerprint density at radius 1 is 1.32 bits per heavy atom. The Kier molecular flexibility index (Phi) is 4.31. The Balaban J connectivity index is 1.43. The van der Waals surface area contributed by atoms with E-state index in [4.69, 9.17) is 4.74 Å². The van der Waals surface area contributed by atoms with E-state index in [0.29, 0.717) is 23.3 Å². The van der Waals surface area contributed by atoms with Crippen molar-refractivity contribution < 1.29 is 9.53 Å². The van der Waals surface area contributed by atoms with Crippen molar-refractivity contribution >= 4 is 28.7 Å². The molecule has 1 aliphatic carbocycles. The maximum absolute atomic E-state index is 12.4. The first-order valence-electron chi connectivity index (χ1n) is 10.1. The molecule has 10 heteroatoms. The van der Waals surface area contributed by atoms with Crippen molar-refractivity contribution in [2.24, 2.45) is 5.41 Å². The summed E-state index contributed by atoms with van der Waals surface area (Å²) in [5, 5.41) is 4.13. The molecule has 1 aliphatic rings. The van der Waals surface area contributed by atoms with Gasteiger partial charge in [0.2, 0.25) is 23.5 Å². The van der Waals surface area contributed by atoms with E-state index in [1.807, 2.05) is 29.9 Å². The van der Waals surface area contributed by atoms with Crippen molar-refractivity contribution in [3.8, 4) is 17.0 Å². The third-order valence-electron chi connectivity index (χ3n) is 5.90. The summed E-state index contributed by atoms with van der Waals surface area (Å²) < 4.78 is 7.45. The minimum absolute atomic E-state index is 0.137. The smallest absolute Gasteiger partial charge is 0.233 e. The Morgan fingerprint density at radius 2 is 2.13 bits per heavy atom. The van der Waals surface area contributed by atoms with E-state index >= 15 is 0 Å². The maximum atomic E-state index is 12.4. The fraction of sp³-hybridized carbons (Fsp3) is 0.381. The molecule has 10 nitrogen and oxygen atoms in total. The van der Waals surface area contributed by atoms with E-state index in [1.165, 1.54) is 0 Å². The summed E-state index contributed by atoms with van der Waals surface area (Å²) in [5.41, 5.74) is 2.13. The van der Waals surface area contributed by atoms with Gasteiger partial charge in [-0.1, -0.05) is 6.92 Å². The van der Waals surface area contributed by atoms with Crippen molar-refractivity contribution in [2.75, 3.05) is 26.5 Å². The van der Waals surface area contributed by atoms with Crippen molar-refractivity contribution in [3.05, 3.63) is 31.0 Å². The Hall–Kier alpha value is -3.69. The molecular weight excluding hydrogens is 396 g/mol. The molecule has 0 radical (unpaired) electrons. The molecular formula is C21H24N8O2. The van der Waals surface area contributed by atoms with Crippen LogP contribution in [-0.4, -0.2) is 67.4 Å². The number of hydrogen-bond donors (Lipinski definition) is 2. The number of rotatable bonds is 5. The van der Waals surface area contributed by atoms with Gasteiger partial charge in [-0.15, -0.1) is 0 Å². The lowest BCUT2D eigenvalue weighted by molar-refractivity contribution is -0.143. The molecule has 0 atom stereocenters. The van der Waals surface area contributed by atoms with Gasteiger partial charge < -0.3 is 19.9 Å². The van der Waals surface area contributed by atoms with Crippen LogP contribution >= 0.6 is 0 Å². The molecule has 31 heavy (non-hydrogen) atoms. The number of carbonyl (C=O) groups excluding carboxylic acids is 1. The quantitative estimate of drug-likeness (QED) is 0.509. The number of amides is 1. The summed E-state index contributed by atoms with van der Waals surface area (Å²) in [5.74, 6) is 1.74. The van der Waals surface area contributed by atoms with Crippen molar-refractivity contribution in [1.82, 2.24) is 34.2 Å². The molecule has 1 amide bonds. The number of fused-ring (bicyclic) bond motifs is 2. The zero-order valence-corrected chi connectivity index (χ0v) is 17.9. The number of carbonyl (C=O) groups is 1. The summed E-state index contributed by atoms with van der Waals surface area (Å²) in [7, 11) is 5.17. The van der Waals surface area contributed by atoms with Gasteiger partial charge in [0.25, 0.3) is 0 Å². The summed E-state index contributed by atoms with van der Waals surface area (Å²) in [6.45, 7) is 2.00. The summed E-state index contributed by atoms with van der Waals surface area (Å²) in [4.78, 5) is 35.0. The zero-order valence-electron chi connectivity index (χ0n) is 17.9. The molecule has 4 aromatic heterocycles. The molecule has 0 spiro atoms. The minimum Gasteiger partial charge on any atom is -0.480 e. The highest BCUT2D eigenvalue weighted by atomic mass is 16.5. The highest BCUT2D eigenvalue weighted by Crippen LogP contribution is 2.43. The lowest BCUT2D eigenvalue weighted by Gasteiger charge is -2.45. The van der Waals surface area contributed by atoms with Crippen LogP contribution in [0.3, 0.4) is 0 Å². The normalized spacial score (nSPS) is 20.6. The van der Waals surface area contributed by atoms with Gasteiger partial charge in [-0.3, -0.25) is 9.20 Å². The molecule has 0 aromatic carbocycles. The summed E-state index contributed by atoms with van der Waals surface area (Å²) in [6, 6.07) is 0.137. The lowest BCUT2D eigenvalue weighted by Crippen LogP contribution is -2.52. The molecule has 0 bridgehead atoms. The Labute approximate surface area is 178 Å². The highest BCUT2D eigenvalue weighted by Gasteiger charge is 2.47. The minimum atomic E-state index is -0.339. The average molecular weight is 420 g/mol. The van der Waals surface area contributed by atoms with Gasteiger partial charge in [0.05, 0.1) is 17.9 Å². The number of aromatic amines is 1. The number of anilines is 1. The first kappa shape index (κ1) is 19.3. The molecule has 1 fully saturated rings. The van der Waals surface area contributed by atoms with E-state index in [2.05, 4.69) is 30.2 Å². The third kappa shape index (κ3) is 3.15. The number of methoxy groups -OCH3 is 1. The Morgan fingerprint density at radius 3 is 2.87 bits per heavy atom. The predicted octanol–water partition coefficient (Wildman–Crippen LogP) is 2.34. The number of nitrogens with zero attached hydrogens (tertiary/aromatic N) is 6. The SMILES string of the molecule is COc1nc(NC2CC(C)(C(=O)N(C)C)C2)nc2[nH]cc(-c3cnc4nccn4c3)c12. The first-order chi connectivity index (χ1) is 14.9. The molecule has 2 N–H and O–H groups in total. The van der Waals surface area contributed by atoms with E-state index < -0.39 is 0 Å². The van der Waals surface area contributed by atoms with E-state index in [9.17, 15) is 4.79 Å². The van der Waals surface area contributed by atoms with Gasteiger partial charge >= 0.3 is 0 Å². The van der Waals surface area contributed by atoms with Crippen LogP contribution < -0.4 is 10.1 Å². The number of nitrogens with one attached hydrogen (secondary N) is 2. The summed E-state index contributed by atoms with van der Waals surface area (Å²) in [6.07, 6.45) is 10.6. The van der Waals surface area contributed by atoms with Crippen LogP contribution in [0.15, 0.2) is 31.0 Å². The van der Waals surface area contributed by atoms with Crippen molar-refractivity contribution in [3.63, 3.8) is 0 Å². The number of aromatic nitrogens is 6. The molecule has 5 rings (SSSR count). The first-order valence-corrected chi connectivity index (χ1v) is 10.1. The molecule has 4 heterocycles. The molecule has 0 saturated heterocycles. The van der Waals surface area contributed by atoms with E-state index in [0.717, 1.165) is 29.4 Å². The maximum Gasteiger partial charge on any atom is 0.233 e. The van der Waals surface area contributed by atoms with Crippen LogP contribution in [0.4, 0.5) is 5.95 Å². The Bertz CT molecular complexity index is 1290. The molecule has 0 unspecified atom stereocenters. The third-order valence-corrected chi connectivity index (χ3v) is 5.90. The van der Waals surface area contributed by atoms with Crippen LogP contribution in [0.5, 0.6) is 5.88 Å². The van der Waals surface area contributed by atoms with Crippen LogP contribution in [0.1, 0.15) is 19.8 Å². The highest BCUT2D eigenvalue weighted by molar-refractivity contribution is 5.97. The molecule has 1 saturated carbocycles. The average Bonchev–Trinajstić information content (AvgIpc) is 3.37. The predicted molar refractivity (Wildman–Crippen MR) is 116 cm³/mol. The standard InChI is InChI=1S/C21H24N8O2/c1-21(18(30)28(2)3)7-13(8-21)25-19-26-16-15(17(27-19)31-4)14(10-23-16)12-9-24-20-22-5-6-29(20)11-12/h5-6,9-11,13H,7-8H2,1-4H3,(H2,23,25,26,27). The van der Waals surface area contributed by atoms with Crippen LogP contribution in [0, 0.1) is 5.41 Å². The van der Waals surface area contributed by atoms with Gasteiger partial charge in [-0.05, 0) is 12.8 Å². The molecule has 0 aliphatic heterocycles. The fourth-order valence-electron chi connectivity index (χ4n) is 4.42. The number of hydrogen-bond acceptors (Lipinski definition) is 7. The van der Waals surface area contributed by atoms with E-state index in [-0.39, 0.29) is 17.4 Å². The number of ether oxygens (including phenoxy) is 1. The van der Waals surface area contributed by atoms with Crippen LogP contribution in [-0.2, 0) is 4.79 Å². The van der Waals surface area contributed by atoms with Gasteiger partial charge in [-0.2, -0.15) is 9.97 Å². The van der Waals surface area contributed by atoms with Gasteiger partial charge in [0, 0.05) is 62.2 Å². The topological polar surface area (TPSA) is 113 Å². The molecule has 160 valence electrons. The van der Waals surface area contributed by atoms with Crippen molar-refractivity contribution in [1.29, 1.82) is 0 Å². The second-order valence-electron chi connectivity index (χ2n) is 8.47. The number of imidazole rings is 1. The fourth-order valence-corrected chi connectivity index (χ4v) is 4.42. The largest absolute Gasteiger partial charge is 0.480 e. The van der Waals surface area contributed by atoms with Crippen LogP contribution in [0.2, 0.25) is 0 Å². The van der Waals surface area contributed by atoms with Gasteiger partial charge in [0.1, 0.15) is 5.65 Å². The lowest BCUT2D eigenvalue weighted by atomic mass is 9.66. The summed E-state index contributed by atoms with van der Waals surface area (Å²) >= 11 is 0. The van der Waals surface area contributed by atoms with Gasteiger partial charge in [0.15, 0.2) is 0 Å². The second kappa shape index (κ2) is 6.93. The van der Waals surface area contributed by atoms with Crippen LogP contribution in [0.25, 0.3) is 27.9 Å². The zero-order chi connectivity index (χ0) is 21.8. The van der Waals surface area contributed by atoms with E-state index in [1.54, 1.807) is 38.5 Å². The second-order valence-corrected chi connectivity index (χ2v) is 8.47. The van der Waals surface area contributed by atoms with Crippen molar-refractivity contribution in [2.45, 2.75) is 25.8 Å². The number of H-pyrrole nitrogens is 1. The molecule has 4 aromatic rings. The van der Waals surface area contributed by atoms with Gasteiger partial charge in [-0.25, -0.2) is 9.97 Å². The monoisotopic (exact) mass is 420 g/mol.